The van der Waals surface area contributed by atoms with Gasteiger partial charge in [0.15, 0.2) is 11.5 Å². The van der Waals surface area contributed by atoms with Crippen molar-refractivity contribution in [3.8, 4) is 23.8 Å². The lowest BCUT2D eigenvalue weighted by molar-refractivity contribution is -0.125. The Kier molecular flexibility index (Phi) is 5.55. The van der Waals surface area contributed by atoms with Gasteiger partial charge in [-0.05, 0) is 41.5 Å². The minimum Gasteiger partial charge on any atom is -0.486 e. The number of amides is 1. The van der Waals surface area contributed by atoms with E-state index in [4.69, 9.17) is 15.9 Å². The Morgan fingerprint density at radius 2 is 1.88 bits per heavy atom. The molecule has 0 saturated carbocycles. The molecule has 0 atom stereocenters. The van der Waals surface area contributed by atoms with Gasteiger partial charge in [0.05, 0.1) is 6.54 Å². The third-order valence-corrected chi connectivity index (χ3v) is 3.87. The predicted molar refractivity (Wildman–Crippen MR) is 97.1 cm³/mol. The Labute approximate surface area is 151 Å². The van der Waals surface area contributed by atoms with Crippen LogP contribution >= 0.6 is 0 Å². The molecule has 0 radical (unpaired) electrons. The molecule has 0 aromatic heterocycles. The number of benzene rings is 2. The first-order valence-electron chi connectivity index (χ1n) is 8.20. The van der Waals surface area contributed by atoms with Crippen molar-refractivity contribution in [2.45, 2.75) is 6.54 Å². The number of terminal acetylenes is 1. The van der Waals surface area contributed by atoms with Gasteiger partial charge in [0.25, 0.3) is 0 Å². The molecule has 0 spiro atoms. The molecule has 26 heavy (non-hydrogen) atoms. The van der Waals surface area contributed by atoms with E-state index in [1.165, 1.54) is 23.1 Å². The molecule has 0 N–H and O–H groups in total. The molecule has 0 bridgehead atoms. The zero-order chi connectivity index (χ0) is 18.4. The lowest BCUT2D eigenvalue weighted by atomic mass is 10.1. The molecule has 0 unspecified atom stereocenters. The van der Waals surface area contributed by atoms with Crippen LogP contribution in [0.2, 0.25) is 0 Å². The standard InChI is InChI=1S/C21H18FNO3/c1-2-11-23(15-17-3-7-18(22)8-4-17)21(24)10-6-16-5-9-19-20(14-16)26-13-12-25-19/h1,3-10,14H,11-13,15H2/b10-6+. The van der Waals surface area contributed by atoms with E-state index in [2.05, 4.69) is 5.92 Å². The summed E-state index contributed by atoms with van der Waals surface area (Å²) in [6.07, 6.45) is 8.54. The molecular weight excluding hydrogens is 333 g/mol. The van der Waals surface area contributed by atoms with Gasteiger partial charge in [-0.1, -0.05) is 24.1 Å². The minimum absolute atomic E-state index is 0.168. The van der Waals surface area contributed by atoms with E-state index < -0.39 is 0 Å². The number of rotatable bonds is 5. The zero-order valence-corrected chi connectivity index (χ0v) is 14.2. The van der Waals surface area contributed by atoms with Crippen LogP contribution in [0.15, 0.2) is 48.5 Å². The van der Waals surface area contributed by atoms with Gasteiger partial charge in [-0.15, -0.1) is 6.42 Å². The van der Waals surface area contributed by atoms with Gasteiger partial charge in [-0.25, -0.2) is 4.39 Å². The lowest BCUT2D eigenvalue weighted by Crippen LogP contribution is -2.29. The SMILES string of the molecule is C#CCN(Cc1ccc(F)cc1)C(=O)/C=C/c1ccc2c(c1)OCCO2. The highest BCUT2D eigenvalue weighted by atomic mass is 19.1. The van der Waals surface area contributed by atoms with Crippen molar-refractivity contribution in [3.63, 3.8) is 0 Å². The molecule has 2 aromatic rings. The fourth-order valence-corrected chi connectivity index (χ4v) is 2.57. The Morgan fingerprint density at radius 3 is 2.62 bits per heavy atom. The summed E-state index contributed by atoms with van der Waals surface area (Å²) in [4.78, 5) is 14.0. The van der Waals surface area contributed by atoms with Crippen LogP contribution < -0.4 is 9.47 Å². The summed E-state index contributed by atoms with van der Waals surface area (Å²) in [6.45, 7) is 1.52. The normalized spacial score (nSPS) is 12.6. The van der Waals surface area contributed by atoms with Gasteiger partial charge < -0.3 is 14.4 Å². The topological polar surface area (TPSA) is 38.8 Å². The van der Waals surface area contributed by atoms with E-state index in [9.17, 15) is 9.18 Å². The van der Waals surface area contributed by atoms with Crippen LogP contribution in [0.4, 0.5) is 4.39 Å². The van der Waals surface area contributed by atoms with E-state index in [0.717, 1.165) is 11.1 Å². The number of carbonyl (C=O) groups is 1. The Hall–Kier alpha value is -3.26. The van der Waals surface area contributed by atoms with Crippen LogP contribution in [0.1, 0.15) is 11.1 Å². The first-order valence-corrected chi connectivity index (χ1v) is 8.20. The maximum absolute atomic E-state index is 13.0. The summed E-state index contributed by atoms with van der Waals surface area (Å²) in [5.74, 6) is 3.31. The molecule has 132 valence electrons. The number of halogens is 1. The average molecular weight is 351 g/mol. The second-order valence-electron chi connectivity index (χ2n) is 5.76. The second kappa shape index (κ2) is 8.21. The largest absolute Gasteiger partial charge is 0.486 e. The predicted octanol–water partition coefficient (Wildman–Crippen LogP) is 3.27. The third-order valence-electron chi connectivity index (χ3n) is 3.87. The molecule has 4 nitrogen and oxygen atoms in total. The van der Waals surface area contributed by atoms with E-state index >= 15 is 0 Å². The summed E-state index contributed by atoms with van der Waals surface area (Å²) in [5.41, 5.74) is 1.63. The fraction of sp³-hybridized carbons (Fsp3) is 0.190. The summed E-state index contributed by atoms with van der Waals surface area (Å²) < 4.78 is 24.0. The van der Waals surface area contributed by atoms with Crippen molar-refractivity contribution in [1.82, 2.24) is 4.90 Å². The monoisotopic (exact) mass is 351 g/mol. The lowest BCUT2D eigenvalue weighted by Gasteiger charge is -2.19. The molecule has 0 aliphatic carbocycles. The van der Waals surface area contributed by atoms with Crippen molar-refractivity contribution in [2.24, 2.45) is 0 Å². The summed E-state index contributed by atoms with van der Waals surface area (Å²) in [5, 5.41) is 0. The summed E-state index contributed by atoms with van der Waals surface area (Å²) in [7, 11) is 0. The molecule has 1 aliphatic heterocycles. The maximum Gasteiger partial charge on any atom is 0.247 e. The molecular formula is C21H18FNO3. The minimum atomic E-state index is -0.318. The van der Waals surface area contributed by atoms with Gasteiger partial charge >= 0.3 is 0 Å². The quantitative estimate of drug-likeness (QED) is 0.613. The number of hydrogen-bond acceptors (Lipinski definition) is 3. The van der Waals surface area contributed by atoms with E-state index in [0.29, 0.717) is 31.3 Å². The van der Waals surface area contributed by atoms with Gasteiger partial charge in [-0.3, -0.25) is 4.79 Å². The van der Waals surface area contributed by atoms with Gasteiger partial charge in [-0.2, -0.15) is 0 Å². The van der Waals surface area contributed by atoms with Crippen LogP contribution in [0.3, 0.4) is 0 Å². The molecule has 1 amide bonds. The highest BCUT2D eigenvalue weighted by molar-refractivity contribution is 5.92. The van der Waals surface area contributed by atoms with Crippen molar-refractivity contribution in [3.05, 3.63) is 65.5 Å². The van der Waals surface area contributed by atoms with E-state index in [-0.39, 0.29) is 18.3 Å². The first kappa shape index (κ1) is 17.6. The van der Waals surface area contributed by atoms with Crippen LogP contribution in [-0.2, 0) is 11.3 Å². The average Bonchev–Trinajstić information content (AvgIpc) is 2.67. The highest BCUT2D eigenvalue weighted by Gasteiger charge is 2.12. The van der Waals surface area contributed by atoms with Crippen molar-refractivity contribution in [2.75, 3.05) is 19.8 Å². The fourth-order valence-electron chi connectivity index (χ4n) is 2.57. The van der Waals surface area contributed by atoms with Crippen molar-refractivity contribution >= 4 is 12.0 Å². The highest BCUT2D eigenvalue weighted by Crippen LogP contribution is 2.31. The number of hydrogen-bond donors (Lipinski definition) is 0. The van der Waals surface area contributed by atoms with E-state index in [1.54, 1.807) is 18.2 Å². The molecule has 1 aliphatic rings. The molecule has 3 rings (SSSR count). The number of ether oxygens (including phenoxy) is 2. The van der Waals surface area contributed by atoms with Gasteiger partial charge in [0.2, 0.25) is 5.91 Å². The molecule has 1 heterocycles. The third kappa shape index (κ3) is 4.42. The smallest absolute Gasteiger partial charge is 0.247 e. The van der Waals surface area contributed by atoms with Crippen LogP contribution in [0.25, 0.3) is 6.08 Å². The Balaban J connectivity index is 1.70. The molecule has 0 fully saturated rings. The van der Waals surface area contributed by atoms with Crippen molar-refractivity contribution < 1.29 is 18.7 Å². The number of fused-ring (bicyclic) bond motifs is 1. The second-order valence-corrected chi connectivity index (χ2v) is 5.76. The summed E-state index contributed by atoms with van der Waals surface area (Å²) >= 11 is 0. The Bertz CT molecular complexity index is 853. The molecule has 0 saturated heterocycles. The van der Waals surface area contributed by atoms with Gasteiger partial charge in [0, 0.05) is 12.6 Å². The van der Waals surface area contributed by atoms with E-state index in [1.807, 2.05) is 18.2 Å². The first-order chi connectivity index (χ1) is 12.7. The Morgan fingerprint density at radius 1 is 1.15 bits per heavy atom. The van der Waals surface area contributed by atoms with Crippen LogP contribution in [-0.4, -0.2) is 30.6 Å². The van der Waals surface area contributed by atoms with Crippen molar-refractivity contribution in [1.29, 1.82) is 0 Å². The number of carbonyl (C=O) groups excluding carboxylic acids is 1. The number of nitrogens with zero attached hydrogens (tertiary/aromatic N) is 1. The molecule has 5 heteroatoms. The van der Waals surface area contributed by atoms with Crippen LogP contribution in [0, 0.1) is 18.2 Å². The molecule has 2 aromatic carbocycles. The van der Waals surface area contributed by atoms with Crippen LogP contribution in [0.5, 0.6) is 11.5 Å². The maximum atomic E-state index is 13.0. The van der Waals surface area contributed by atoms with Gasteiger partial charge in [0.1, 0.15) is 19.0 Å². The zero-order valence-electron chi connectivity index (χ0n) is 14.2. The summed E-state index contributed by atoms with van der Waals surface area (Å²) in [6, 6.07) is 11.5.